The predicted octanol–water partition coefficient (Wildman–Crippen LogP) is 4.45. The Morgan fingerprint density at radius 3 is 1.03 bits per heavy atom. The van der Waals surface area contributed by atoms with Crippen molar-refractivity contribution in [1.82, 2.24) is 0 Å². The van der Waals surface area contributed by atoms with Gasteiger partial charge in [0.25, 0.3) is 0 Å². The minimum absolute atomic E-state index is 1.64. The minimum Gasteiger partial charge on any atom is -0.480 e. The number of carboxylic acids is 2. The molecular weight excluding hydrogens is 486 g/mol. The summed E-state index contributed by atoms with van der Waals surface area (Å²) >= 11 is 0. The van der Waals surface area contributed by atoms with Crippen LogP contribution in [-0.2, 0) is 9.59 Å². The Balaban J connectivity index is 7.84. The molecule has 0 aliphatic heterocycles. The third-order valence-corrected chi connectivity index (χ3v) is 4.02. The summed E-state index contributed by atoms with van der Waals surface area (Å²) in [5, 5.41) is 17.2. The van der Waals surface area contributed by atoms with E-state index in [0.717, 1.165) is 0 Å². The van der Waals surface area contributed by atoms with Crippen LogP contribution in [0.2, 0.25) is 0 Å². The van der Waals surface area contributed by atoms with E-state index >= 15 is 0 Å². The number of aliphatic carboxylic acids is 2. The van der Waals surface area contributed by atoms with Gasteiger partial charge in [-0.1, -0.05) is 6.58 Å². The number of alkyl halides is 14. The molecule has 0 aromatic carbocycles. The van der Waals surface area contributed by atoms with Crippen molar-refractivity contribution in [3.63, 3.8) is 0 Å². The summed E-state index contributed by atoms with van der Waals surface area (Å²) in [5.41, 5.74) is -10.8. The number of hydrogen-bond acceptors (Lipinski definition) is 2. The fourth-order valence-electron chi connectivity index (χ4n) is 2.23. The van der Waals surface area contributed by atoms with Crippen LogP contribution >= 0.6 is 0 Å². The molecule has 0 unspecified atom stereocenters. The highest BCUT2D eigenvalue weighted by Gasteiger charge is 2.93. The zero-order valence-corrected chi connectivity index (χ0v) is 14.1. The van der Waals surface area contributed by atoms with E-state index in [1.165, 1.54) is 0 Å². The number of carboxylic acid groups (broad SMARTS) is 2. The van der Waals surface area contributed by atoms with E-state index in [9.17, 15) is 71.1 Å². The molecule has 0 aromatic rings. The van der Waals surface area contributed by atoms with Crippen molar-refractivity contribution < 1.29 is 81.3 Å². The molecule has 0 heterocycles. The summed E-state index contributed by atoms with van der Waals surface area (Å²) in [6.07, 6.45) is 0. The van der Waals surface area contributed by atoms with Crippen LogP contribution in [0.1, 0.15) is 0 Å². The van der Waals surface area contributed by atoms with Crippen molar-refractivity contribution >= 4 is 11.9 Å². The second kappa shape index (κ2) is 7.68. The number of hydrogen-bond donors (Lipinski definition) is 2. The van der Waals surface area contributed by atoms with Crippen molar-refractivity contribution in [2.45, 2.75) is 35.5 Å². The lowest BCUT2D eigenvalue weighted by Crippen LogP contribution is -2.76. The first kappa shape index (κ1) is 28.7. The first-order valence-electron chi connectivity index (χ1n) is 6.97. The molecular formula is C13H8F14O4. The fourth-order valence-corrected chi connectivity index (χ4v) is 2.23. The summed E-state index contributed by atoms with van der Waals surface area (Å²) in [4.78, 5) is 22.0. The van der Waals surface area contributed by atoms with Gasteiger partial charge in [0, 0.05) is 0 Å². The zero-order valence-electron chi connectivity index (χ0n) is 14.1. The second-order valence-electron chi connectivity index (χ2n) is 5.81. The van der Waals surface area contributed by atoms with Gasteiger partial charge in [-0.3, -0.25) is 4.79 Å². The summed E-state index contributed by atoms with van der Waals surface area (Å²) in [6, 6.07) is 0. The predicted molar refractivity (Wildman–Crippen MR) is 68.5 cm³/mol. The molecule has 0 atom stereocenters. The first-order chi connectivity index (χ1) is 13.4. The van der Waals surface area contributed by atoms with Crippen molar-refractivity contribution in [3.05, 3.63) is 12.2 Å². The Morgan fingerprint density at radius 1 is 0.613 bits per heavy atom. The van der Waals surface area contributed by atoms with Gasteiger partial charge in [0.15, 0.2) is 13.3 Å². The first-order valence-corrected chi connectivity index (χ1v) is 6.97. The van der Waals surface area contributed by atoms with Gasteiger partial charge in [0.05, 0.1) is 5.57 Å². The Hall–Kier alpha value is -2.30. The summed E-state index contributed by atoms with van der Waals surface area (Å²) in [6.45, 7) is -6.10. The number of carbonyl (C=O) groups is 2. The van der Waals surface area contributed by atoms with E-state index in [-0.39, 0.29) is 0 Å². The Labute approximate surface area is 161 Å². The molecule has 2 N–H and O–H groups in total. The Kier molecular flexibility index (Phi) is 7.11. The minimum atomic E-state index is -7.96. The lowest BCUT2D eigenvalue weighted by Gasteiger charge is -2.48. The highest BCUT2D eigenvalue weighted by molar-refractivity contribution is 5.98. The molecule has 4 nitrogen and oxygen atoms in total. The molecule has 0 aliphatic rings. The van der Waals surface area contributed by atoms with Gasteiger partial charge < -0.3 is 10.2 Å². The molecule has 0 rings (SSSR count). The van der Waals surface area contributed by atoms with E-state index in [0.29, 0.717) is 0 Å². The van der Waals surface area contributed by atoms with E-state index in [1.54, 1.807) is 6.58 Å². The highest BCUT2D eigenvalue weighted by Crippen LogP contribution is 2.66. The van der Waals surface area contributed by atoms with Crippen LogP contribution < -0.4 is 0 Å². The molecule has 0 amide bonds. The maximum absolute atomic E-state index is 14.3. The highest BCUT2D eigenvalue weighted by atomic mass is 19.4. The molecule has 0 saturated carbocycles. The molecule has 0 saturated heterocycles. The van der Waals surface area contributed by atoms with E-state index in [4.69, 9.17) is 10.2 Å². The average Bonchev–Trinajstić information content (AvgIpc) is 2.60. The maximum Gasteiger partial charge on any atom is 0.376 e. The molecule has 0 aromatic heterocycles. The van der Waals surface area contributed by atoms with E-state index < -0.39 is 71.8 Å². The normalized spacial score (nSPS) is 15.0. The third kappa shape index (κ3) is 3.37. The second-order valence-corrected chi connectivity index (χ2v) is 5.81. The number of rotatable bonds is 11. The monoisotopic (exact) mass is 494 g/mol. The summed E-state index contributed by atoms with van der Waals surface area (Å²) in [5.74, 6) is -53.1. The van der Waals surface area contributed by atoms with Gasteiger partial charge in [0.2, 0.25) is 5.41 Å². The van der Waals surface area contributed by atoms with Gasteiger partial charge in [-0.15, -0.1) is 0 Å². The van der Waals surface area contributed by atoms with Crippen molar-refractivity contribution in [3.8, 4) is 0 Å². The maximum atomic E-state index is 14.3. The molecule has 182 valence electrons. The Morgan fingerprint density at radius 2 is 0.871 bits per heavy atom. The quantitative estimate of drug-likeness (QED) is 0.329. The summed E-state index contributed by atoms with van der Waals surface area (Å²) < 4.78 is 189. The smallest absolute Gasteiger partial charge is 0.376 e. The van der Waals surface area contributed by atoms with Gasteiger partial charge in [-0.05, 0) is 0 Å². The van der Waals surface area contributed by atoms with Crippen LogP contribution in [0.4, 0.5) is 61.5 Å². The lowest BCUT2D eigenvalue weighted by atomic mass is 9.64. The van der Waals surface area contributed by atoms with E-state index in [1.807, 2.05) is 0 Å². The topological polar surface area (TPSA) is 74.6 Å². The SMILES string of the molecule is C=C(C(=O)O)C(C(=O)O)(C(F)(F)C(F)(F)C(F)(F)CF)C(F)(F)C(F)(F)C(F)(F)CF. The van der Waals surface area contributed by atoms with Gasteiger partial charge in [-0.2, -0.15) is 52.7 Å². The molecule has 0 fully saturated rings. The largest absolute Gasteiger partial charge is 0.480 e. The standard InChI is InChI=1S/C13H8F14O4/c1-4(5(28)29)9(6(30)31,12(24,25)10(20,21)7(16,17)2-14)13(26,27)11(22,23)8(18,19)3-15/h1-3H2,(H,28,29)(H,30,31). The van der Waals surface area contributed by atoms with Crippen LogP contribution in [-0.4, -0.2) is 71.0 Å². The molecule has 0 bridgehead atoms. The molecule has 0 spiro atoms. The van der Waals surface area contributed by atoms with Crippen LogP contribution in [0.3, 0.4) is 0 Å². The van der Waals surface area contributed by atoms with Crippen molar-refractivity contribution in [1.29, 1.82) is 0 Å². The van der Waals surface area contributed by atoms with Crippen molar-refractivity contribution in [2.24, 2.45) is 5.41 Å². The Bertz CT molecular complexity index is 704. The van der Waals surface area contributed by atoms with Crippen molar-refractivity contribution in [2.75, 3.05) is 13.3 Å². The molecule has 0 aliphatic carbocycles. The van der Waals surface area contributed by atoms with Crippen LogP contribution in [0, 0.1) is 5.41 Å². The lowest BCUT2D eigenvalue weighted by molar-refractivity contribution is -0.399. The summed E-state index contributed by atoms with van der Waals surface area (Å²) in [7, 11) is 0. The van der Waals surface area contributed by atoms with Crippen LogP contribution in [0.5, 0.6) is 0 Å². The number of halogens is 14. The zero-order chi connectivity index (χ0) is 25.6. The van der Waals surface area contributed by atoms with Crippen LogP contribution in [0.25, 0.3) is 0 Å². The van der Waals surface area contributed by atoms with Gasteiger partial charge in [0.1, 0.15) is 0 Å². The third-order valence-electron chi connectivity index (χ3n) is 4.02. The average molecular weight is 494 g/mol. The fraction of sp³-hybridized carbons (Fsp3) is 0.692. The van der Waals surface area contributed by atoms with Gasteiger partial charge in [-0.25, -0.2) is 13.6 Å². The van der Waals surface area contributed by atoms with E-state index in [2.05, 4.69) is 0 Å². The van der Waals surface area contributed by atoms with Gasteiger partial charge >= 0.3 is 47.5 Å². The molecule has 31 heavy (non-hydrogen) atoms. The van der Waals surface area contributed by atoms with Crippen LogP contribution in [0.15, 0.2) is 12.2 Å². The molecule has 18 heteroatoms. The molecule has 0 radical (unpaired) electrons.